The van der Waals surface area contributed by atoms with Crippen LogP contribution < -0.4 is 16.4 Å². The van der Waals surface area contributed by atoms with Crippen molar-refractivity contribution in [2.75, 3.05) is 25.5 Å². The van der Waals surface area contributed by atoms with E-state index in [-0.39, 0.29) is 6.04 Å². The van der Waals surface area contributed by atoms with Crippen molar-refractivity contribution in [3.63, 3.8) is 0 Å². The summed E-state index contributed by atoms with van der Waals surface area (Å²) in [6, 6.07) is 8.68. The van der Waals surface area contributed by atoms with E-state index < -0.39 is 0 Å². The highest BCUT2D eigenvalue weighted by Gasteiger charge is 2.01. The highest BCUT2D eigenvalue weighted by Crippen LogP contribution is 2.13. The molecule has 0 saturated carbocycles. The standard InChI is InChI=1S/C12H21N3/c1-15(2)12-7-4-10(5-8-12)3-6-11(14)9-13/h4-5,7-8,11H,3,6,9,13-14H2,1-2H3. The normalized spacial score (nSPS) is 12.5. The molecule has 0 aliphatic heterocycles. The van der Waals surface area contributed by atoms with Gasteiger partial charge < -0.3 is 16.4 Å². The van der Waals surface area contributed by atoms with Gasteiger partial charge in [-0.15, -0.1) is 0 Å². The molecule has 1 atom stereocenters. The molecule has 1 rings (SSSR count). The molecule has 0 radical (unpaired) electrons. The van der Waals surface area contributed by atoms with Crippen LogP contribution in [-0.2, 0) is 6.42 Å². The molecule has 0 spiro atoms. The Morgan fingerprint density at radius 2 is 1.80 bits per heavy atom. The lowest BCUT2D eigenvalue weighted by molar-refractivity contribution is 0.623. The molecular formula is C12H21N3. The van der Waals surface area contributed by atoms with Gasteiger partial charge in [0.2, 0.25) is 0 Å². The first kappa shape index (κ1) is 12.0. The van der Waals surface area contributed by atoms with Crippen LogP contribution in [0.15, 0.2) is 24.3 Å². The summed E-state index contributed by atoms with van der Waals surface area (Å²) in [6.07, 6.45) is 1.96. The Kier molecular flexibility index (Phi) is 4.59. The van der Waals surface area contributed by atoms with Crippen molar-refractivity contribution in [2.45, 2.75) is 18.9 Å². The predicted octanol–water partition coefficient (Wildman–Crippen LogP) is 0.971. The van der Waals surface area contributed by atoms with E-state index in [2.05, 4.69) is 29.2 Å². The average Bonchev–Trinajstić information content (AvgIpc) is 2.26. The molecule has 15 heavy (non-hydrogen) atoms. The molecule has 0 aliphatic rings. The third-order valence-corrected chi connectivity index (χ3v) is 2.56. The van der Waals surface area contributed by atoms with Gasteiger partial charge in [-0.2, -0.15) is 0 Å². The second-order valence-electron chi connectivity index (χ2n) is 4.10. The van der Waals surface area contributed by atoms with E-state index in [0.717, 1.165) is 12.8 Å². The Hall–Kier alpha value is -1.06. The van der Waals surface area contributed by atoms with Crippen molar-refractivity contribution < 1.29 is 0 Å². The molecule has 84 valence electrons. The second-order valence-corrected chi connectivity index (χ2v) is 4.10. The second kappa shape index (κ2) is 5.73. The average molecular weight is 207 g/mol. The summed E-state index contributed by atoms with van der Waals surface area (Å²) in [5.74, 6) is 0. The van der Waals surface area contributed by atoms with Crippen molar-refractivity contribution in [1.29, 1.82) is 0 Å². The van der Waals surface area contributed by atoms with Crippen LogP contribution in [0, 0.1) is 0 Å². The summed E-state index contributed by atoms with van der Waals surface area (Å²) in [5, 5.41) is 0. The maximum absolute atomic E-state index is 5.77. The third kappa shape index (κ3) is 3.90. The van der Waals surface area contributed by atoms with Crippen LogP contribution >= 0.6 is 0 Å². The fraction of sp³-hybridized carbons (Fsp3) is 0.500. The van der Waals surface area contributed by atoms with Gasteiger partial charge in [0.15, 0.2) is 0 Å². The molecule has 4 N–H and O–H groups in total. The molecule has 0 saturated heterocycles. The smallest absolute Gasteiger partial charge is 0.0361 e. The van der Waals surface area contributed by atoms with Crippen LogP contribution in [0.4, 0.5) is 5.69 Å². The summed E-state index contributed by atoms with van der Waals surface area (Å²) in [7, 11) is 4.08. The maximum Gasteiger partial charge on any atom is 0.0361 e. The maximum atomic E-state index is 5.77. The van der Waals surface area contributed by atoms with Crippen LogP contribution in [0.3, 0.4) is 0 Å². The van der Waals surface area contributed by atoms with E-state index >= 15 is 0 Å². The van der Waals surface area contributed by atoms with Gasteiger partial charge in [-0.1, -0.05) is 12.1 Å². The number of rotatable bonds is 5. The van der Waals surface area contributed by atoms with Crippen LogP contribution in [0.5, 0.6) is 0 Å². The van der Waals surface area contributed by atoms with Gasteiger partial charge in [-0.25, -0.2) is 0 Å². The summed E-state index contributed by atoms with van der Waals surface area (Å²) < 4.78 is 0. The largest absolute Gasteiger partial charge is 0.378 e. The van der Waals surface area contributed by atoms with Gasteiger partial charge in [-0.3, -0.25) is 0 Å². The zero-order chi connectivity index (χ0) is 11.3. The lowest BCUT2D eigenvalue weighted by Gasteiger charge is -2.13. The van der Waals surface area contributed by atoms with Crippen LogP contribution in [0.2, 0.25) is 0 Å². The fourth-order valence-electron chi connectivity index (χ4n) is 1.43. The van der Waals surface area contributed by atoms with E-state index in [1.54, 1.807) is 0 Å². The first-order valence-electron chi connectivity index (χ1n) is 5.35. The number of anilines is 1. The lowest BCUT2D eigenvalue weighted by atomic mass is 10.1. The van der Waals surface area contributed by atoms with Crippen molar-refractivity contribution in [3.05, 3.63) is 29.8 Å². The highest BCUT2D eigenvalue weighted by molar-refractivity contribution is 5.45. The Morgan fingerprint density at radius 1 is 1.20 bits per heavy atom. The van der Waals surface area contributed by atoms with E-state index in [9.17, 15) is 0 Å². The van der Waals surface area contributed by atoms with E-state index in [0.29, 0.717) is 6.54 Å². The molecule has 1 aromatic carbocycles. The lowest BCUT2D eigenvalue weighted by Crippen LogP contribution is -2.29. The van der Waals surface area contributed by atoms with Crippen LogP contribution in [0.1, 0.15) is 12.0 Å². The van der Waals surface area contributed by atoms with Crippen molar-refractivity contribution in [1.82, 2.24) is 0 Å². The van der Waals surface area contributed by atoms with Crippen molar-refractivity contribution >= 4 is 5.69 Å². The van der Waals surface area contributed by atoms with Gasteiger partial charge in [0, 0.05) is 32.4 Å². The third-order valence-electron chi connectivity index (χ3n) is 2.56. The van der Waals surface area contributed by atoms with Gasteiger partial charge in [-0.05, 0) is 30.5 Å². The van der Waals surface area contributed by atoms with Crippen LogP contribution in [0.25, 0.3) is 0 Å². The molecule has 1 aromatic rings. The SMILES string of the molecule is CN(C)c1ccc(CCC(N)CN)cc1. The molecule has 3 heteroatoms. The zero-order valence-corrected chi connectivity index (χ0v) is 9.61. The summed E-state index contributed by atoms with van der Waals surface area (Å²) >= 11 is 0. The molecule has 0 fully saturated rings. The predicted molar refractivity (Wildman–Crippen MR) is 66.1 cm³/mol. The molecule has 0 bridgehead atoms. The number of hydrogen-bond donors (Lipinski definition) is 2. The number of benzene rings is 1. The number of hydrogen-bond acceptors (Lipinski definition) is 3. The molecule has 0 amide bonds. The Bertz CT molecular complexity index is 279. The first-order chi connectivity index (χ1) is 7.13. The molecular weight excluding hydrogens is 186 g/mol. The minimum absolute atomic E-state index is 0.124. The van der Waals surface area contributed by atoms with Gasteiger partial charge in [0.25, 0.3) is 0 Å². The summed E-state index contributed by atoms with van der Waals surface area (Å²) in [6.45, 7) is 0.565. The van der Waals surface area contributed by atoms with Gasteiger partial charge >= 0.3 is 0 Å². The minimum Gasteiger partial charge on any atom is -0.378 e. The van der Waals surface area contributed by atoms with E-state index in [1.165, 1.54) is 11.3 Å². The van der Waals surface area contributed by atoms with E-state index in [1.807, 2.05) is 14.1 Å². The molecule has 1 unspecified atom stereocenters. The topological polar surface area (TPSA) is 55.3 Å². The summed E-state index contributed by atoms with van der Waals surface area (Å²) in [4.78, 5) is 2.09. The van der Waals surface area contributed by atoms with Crippen molar-refractivity contribution in [2.24, 2.45) is 11.5 Å². The Balaban J connectivity index is 2.50. The number of aryl methyl sites for hydroxylation is 1. The van der Waals surface area contributed by atoms with Gasteiger partial charge in [0.1, 0.15) is 0 Å². The summed E-state index contributed by atoms with van der Waals surface area (Å²) in [5.41, 5.74) is 13.8. The highest BCUT2D eigenvalue weighted by atomic mass is 15.1. The van der Waals surface area contributed by atoms with Crippen LogP contribution in [-0.4, -0.2) is 26.7 Å². The monoisotopic (exact) mass is 207 g/mol. The molecule has 0 aliphatic carbocycles. The zero-order valence-electron chi connectivity index (χ0n) is 9.61. The van der Waals surface area contributed by atoms with Gasteiger partial charge in [0.05, 0.1) is 0 Å². The quantitative estimate of drug-likeness (QED) is 0.756. The van der Waals surface area contributed by atoms with Crippen molar-refractivity contribution in [3.8, 4) is 0 Å². The number of nitrogens with two attached hydrogens (primary N) is 2. The Labute approximate surface area is 92.1 Å². The fourth-order valence-corrected chi connectivity index (χ4v) is 1.43. The molecule has 0 aromatic heterocycles. The number of nitrogens with zero attached hydrogens (tertiary/aromatic N) is 1. The molecule has 3 nitrogen and oxygen atoms in total. The first-order valence-corrected chi connectivity index (χ1v) is 5.35. The van der Waals surface area contributed by atoms with E-state index in [4.69, 9.17) is 11.5 Å². The molecule has 0 heterocycles. The Morgan fingerprint density at radius 3 is 2.27 bits per heavy atom. The minimum atomic E-state index is 0.124.